The number of aromatic nitrogens is 3. The molecule has 0 spiro atoms. The Balaban J connectivity index is 2.66. The molecule has 0 aliphatic heterocycles. The van der Waals surface area contributed by atoms with Crippen LogP contribution in [0.1, 0.15) is 13.3 Å². The van der Waals surface area contributed by atoms with E-state index in [1.54, 1.807) is 6.92 Å². The van der Waals surface area contributed by atoms with Gasteiger partial charge in [0.05, 0.1) is 14.2 Å². The van der Waals surface area contributed by atoms with Gasteiger partial charge >= 0.3 is 12.0 Å². The number of ether oxygens (including phenoxy) is 2. The average molecular weight is 222 g/mol. The Bertz CT molecular complexity index is 375. The third kappa shape index (κ3) is 3.61. The molecule has 1 aromatic rings. The zero-order valence-electron chi connectivity index (χ0n) is 9.57. The summed E-state index contributed by atoms with van der Waals surface area (Å²) in [6.07, 6.45) is 0.729. The molecule has 0 atom stereocenters. The van der Waals surface area contributed by atoms with Crippen molar-refractivity contribution in [3.8, 4) is 23.9 Å². The van der Waals surface area contributed by atoms with Crippen LogP contribution in [0.2, 0.25) is 0 Å². The summed E-state index contributed by atoms with van der Waals surface area (Å²) in [6, 6.07) is 0.437. The lowest BCUT2D eigenvalue weighted by atomic mass is 10.4. The lowest BCUT2D eigenvalue weighted by Gasteiger charge is -2.05. The lowest BCUT2D eigenvalue weighted by molar-refractivity contribution is 0.341. The molecule has 0 unspecified atom stereocenters. The van der Waals surface area contributed by atoms with E-state index in [1.165, 1.54) is 14.2 Å². The summed E-state index contributed by atoms with van der Waals surface area (Å²) >= 11 is 0. The monoisotopic (exact) mass is 222 g/mol. The molecule has 6 nitrogen and oxygen atoms in total. The van der Waals surface area contributed by atoms with Crippen LogP contribution in [0.5, 0.6) is 12.0 Å². The average Bonchev–Trinajstić information content (AvgIpc) is 2.34. The van der Waals surface area contributed by atoms with Crippen LogP contribution in [0, 0.1) is 11.8 Å². The van der Waals surface area contributed by atoms with E-state index in [-0.39, 0.29) is 12.0 Å². The van der Waals surface area contributed by atoms with Crippen molar-refractivity contribution in [2.24, 2.45) is 0 Å². The summed E-state index contributed by atoms with van der Waals surface area (Å²) in [5.74, 6) is 6.15. The number of rotatable bonds is 5. The van der Waals surface area contributed by atoms with E-state index in [2.05, 4.69) is 32.1 Å². The molecule has 0 bridgehead atoms. The molecule has 86 valence electrons. The van der Waals surface area contributed by atoms with E-state index in [0.29, 0.717) is 12.5 Å². The smallest absolute Gasteiger partial charge is 0.324 e. The fourth-order valence-electron chi connectivity index (χ4n) is 0.961. The number of anilines is 1. The highest BCUT2D eigenvalue weighted by Gasteiger charge is 2.05. The minimum absolute atomic E-state index is 0.218. The first kappa shape index (κ1) is 12.0. The fraction of sp³-hybridized carbons (Fsp3) is 0.500. The first-order chi connectivity index (χ1) is 7.80. The second-order valence-corrected chi connectivity index (χ2v) is 2.74. The first-order valence-corrected chi connectivity index (χ1v) is 4.77. The van der Waals surface area contributed by atoms with Gasteiger partial charge in [0.1, 0.15) is 0 Å². The van der Waals surface area contributed by atoms with Gasteiger partial charge in [-0.3, -0.25) is 0 Å². The molecule has 6 heteroatoms. The molecule has 0 amide bonds. The molecule has 0 aromatic carbocycles. The van der Waals surface area contributed by atoms with Crippen molar-refractivity contribution < 1.29 is 9.47 Å². The number of nitrogens with zero attached hydrogens (tertiary/aromatic N) is 3. The van der Waals surface area contributed by atoms with Crippen molar-refractivity contribution >= 4 is 5.95 Å². The minimum atomic E-state index is 0.218. The van der Waals surface area contributed by atoms with Crippen molar-refractivity contribution in [1.82, 2.24) is 15.0 Å². The highest BCUT2D eigenvalue weighted by Crippen LogP contribution is 2.11. The Morgan fingerprint density at radius 2 is 1.75 bits per heavy atom. The summed E-state index contributed by atoms with van der Waals surface area (Å²) in [6.45, 7) is 2.46. The Morgan fingerprint density at radius 3 is 2.25 bits per heavy atom. The van der Waals surface area contributed by atoms with Crippen LogP contribution in [-0.2, 0) is 0 Å². The molecule has 0 saturated carbocycles. The summed E-state index contributed by atoms with van der Waals surface area (Å²) in [4.78, 5) is 11.9. The van der Waals surface area contributed by atoms with E-state index >= 15 is 0 Å². The standard InChI is InChI=1S/C10H14N4O2/c1-4-5-6-7-11-8-12-9(15-2)14-10(13-8)16-3/h6-7H2,1-3H3,(H,11,12,13,14). The molecule has 0 aliphatic rings. The van der Waals surface area contributed by atoms with Gasteiger partial charge in [0.2, 0.25) is 5.95 Å². The normalized spacial score (nSPS) is 8.94. The Hall–Kier alpha value is -2.03. The zero-order valence-corrected chi connectivity index (χ0v) is 9.57. The van der Waals surface area contributed by atoms with Crippen LogP contribution in [0.4, 0.5) is 5.95 Å². The third-order valence-electron chi connectivity index (χ3n) is 1.67. The van der Waals surface area contributed by atoms with E-state index in [1.807, 2.05) is 0 Å². The second-order valence-electron chi connectivity index (χ2n) is 2.74. The fourth-order valence-corrected chi connectivity index (χ4v) is 0.961. The van der Waals surface area contributed by atoms with Crippen molar-refractivity contribution in [1.29, 1.82) is 0 Å². The summed E-state index contributed by atoms with van der Waals surface area (Å²) in [7, 11) is 2.97. The molecule has 0 saturated heterocycles. The van der Waals surface area contributed by atoms with Crippen molar-refractivity contribution in [2.75, 3.05) is 26.1 Å². The third-order valence-corrected chi connectivity index (χ3v) is 1.67. The quantitative estimate of drug-likeness (QED) is 0.584. The first-order valence-electron chi connectivity index (χ1n) is 4.77. The molecule has 0 fully saturated rings. The van der Waals surface area contributed by atoms with E-state index < -0.39 is 0 Å². The Labute approximate surface area is 94.4 Å². The molecular formula is C10H14N4O2. The van der Waals surface area contributed by atoms with Gasteiger partial charge in [-0.05, 0) is 6.92 Å². The molecule has 0 radical (unpaired) electrons. The zero-order chi connectivity index (χ0) is 11.8. The number of hydrogen-bond acceptors (Lipinski definition) is 6. The highest BCUT2D eigenvalue weighted by molar-refractivity contribution is 5.27. The predicted octanol–water partition coefficient (Wildman–Crippen LogP) is 0.714. The topological polar surface area (TPSA) is 69.2 Å². The molecule has 16 heavy (non-hydrogen) atoms. The Morgan fingerprint density at radius 1 is 1.12 bits per heavy atom. The largest absolute Gasteiger partial charge is 0.467 e. The number of hydrogen-bond donors (Lipinski definition) is 1. The highest BCUT2D eigenvalue weighted by atomic mass is 16.5. The maximum Gasteiger partial charge on any atom is 0.324 e. The Kier molecular flexibility index (Phi) is 4.86. The molecule has 1 heterocycles. The van der Waals surface area contributed by atoms with Gasteiger partial charge in [-0.1, -0.05) is 0 Å². The van der Waals surface area contributed by atoms with Gasteiger partial charge in [0.15, 0.2) is 0 Å². The van der Waals surface area contributed by atoms with Gasteiger partial charge in [-0.15, -0.1) is 16.8 Å². The number of nitrogens with one attached hydrogen (secondary N) is 1. The minimum Gasteiger partial charge on any atom is -0.467 e. The number of methoxy groups -OCH3 is 2. The lowest BCUT2D eigenvalue weighted by Crippen LogP contribution is -2.08. The molecule has 0 aliphatic carbocycles. The van der Waals surface area contributed by atoms with Crippen LogP contribution >= 0.6 is 0 Å². The summed E-state index contributed by atoms with van der Waals surface area (Å²) < 4.78 is 9.83. The predicted molar refractivity (Wildman–Crippen MR) is 59.5 cm³/mol. The van der Waals surface area contributed by atoms with Crippen LogP contribution in [0.15, 0.2) is 0 Å². The van der Waals surface area contributed by atoms with Gasteiger partial charge in [0, 0.05) is 13.0 Å². The summed E-state index contributed by atoms with van der Waals surface area (Å²) in [5, 5.41) is 3.00. The van der Waals surface area contributed by atoms with Gasteiger partial charge in [0.25, 0.3) is 0 Å². The maximum absolute atomic E-state index is 4.91. The van der Waals surface area contributed by atoms with E-state index in [9.17, 15) is 0 Å². The van der Waals surface area contributed by atoms with Crippen LogP contribution in [0.3, 0.4) is 0 Å². The SMILES string of the molecule is CC#CCCNc1nc(OC)nc(OC)n1. The van der Waals surface area contributed by atoms with E-state index in [0.717, 1.165) is 6.42 Å². The van der Waals surface area contributed by atoms with Crippen LogP contribution < -0.4 is 14.8 Å². The second kappa shape index (κ2) is 6.45. The summed E-state index contributed by atoms with van der Waals surface area (Å²) in [5.41, 5.74) is 0. The molecule has 1 rings (SSSR count). The van der Waals surface area contributed by atoms with Gasteiger partial charge in [-0.2, -0.15) is 9.97 Å². The van der Waals surface area contributed by atoms with E-state index in [4.69, 9.17) is 9.47 Å². The van der Waals surface area contributed by atoms with Crippen LogP contribution in [-0.4, -0.2) is 35.7 Å². The molecule has 1 N–H and O–H groups in total. The molecular weight excluding hydrogens is 208 g/mol. The van der Waals surface area contributed by atoms with Crippen molar-refractivity contribution in [2.45, 2.75) is 13.3 Å². The van der Waals surface area contributed by atoms with Gasteiger partial charge in [-0.25, -0.2) is 0 Å². The molecule has 1 aromatic heterocycles. The van der Waals surface area contributed by atoms with Crippen LogP contribution in [0.25, 0.3) is 0 Å². The van der Waals surface area contributed by atoms with Gasteiger partial charge < -0.3 is 14.8 Å². The van der Waals surface area contributed by atoms with Crippen molar-refractivity contribution in [3.05, 3.63) is 0 Å². The maximum atomic E-state index is 4.91. The van der Waals surface area contributed by atoms with Crippen molar-refractivity contribution in [3.63, 3.8) is 0 Å².